The second-order valence-corrected chi connectivity index (χ2v) is 5.21. The standard InChI is InChI=1S/C18H24O8/c1-13(2)17(21)25-11-5-9-23-15(19)7-8-16(20)24-10-6-12-26-18(22)14(3)4/h7-8H,1,3,5-6,9-12H2,2,4H3/b8-7-. The fourth-order valence-electron chi connectivity index (χ4n) is 1.27. The molecule has 0 aliphatic carbocycles. The smallest absolute Gasteiger partial charge is 0.333 e. The number of esters is 4. The lowest BCUT2D eigenvalue weighted by Gasteiger charge is -2.05. The summed E-state index contributed by atoms with van der Waals surface area (Å²) in [5.74, 6) is -2.45. The quantitative estimate of drug-likeness (QED) is 0.222. The van der Waals surface area contributed by atoms with Crippen molar-refractivity contribution in [2.75, 3.05) is 26.4 Å². The second-order valence-electron chi connectivity index (χ2n) is 5.21. The molecular weight excluding hydrogens is 344 g/mol. The molecule has 8 nitrogen and oxygen atoms in total. The molecule has 0 unspecified atom stereocenters. The van der Waals surface area contributed by atoms with E-state index in [1.54, 1.807) is 0 Å². The molecule has 0 fully saturated rings. The van der Waals surface area contributed by atoms with Gasteiger partial charge < -0.3 is 18.9 Å². The molecule has 144 valence electrons. The van der Waals surface area contributed by atoms with Crippen LogP contribution in [0.5, 0.6) is 0 Å². The molecule has 0 aromatic rings. The third-order valence-corrected chi connectivity index (χ3v) is 2.58. The number of carbonyl (C=O) groups is 4. The Bertz CT molecular complexity index is 524. The van der Waals surface area contributed by atoms with Gasteiger partial charge in [-0.05, 0) is 13.8 Å². The van der Waals surface area contributed by atoms with Crippen molar-refractivity contribution in [1.29, 1.82) is 0 Å². The lowest BCUT2D eigenvalue weighted by Crippen LogP contribution is -2.11. The average Bonchev–Trinajstić information content (AvgIpc) is 2.58. The number of ether oxygens (including phenoxy) is 4. The number of carbonyl (C=O) groups excluding carboxylic acids is 4. The molecule has 0 aliphatic rings. The third kappa shape index (κ3) is 12.5. The number of hydrogen-bond acceptors (Lipinski definition) is 8. The van der Waals surface area contributed by atoms with Gasteiger partial charge in [0.1, 0.15) is 0 Å². The molecule has 26 heavy (non-hydrogen) atoms. The predicted molar refractivity (Wildman–Crippen MR) is 91.8 cm³/mol. The van der Waals surface area contributed by atoms with Gasteiger partial charge in [-0.25, -0.2) is 19.2 Å². The summed E-state index contributed by atoms with van der Waals surface area (Å²) in [5, 5.41) is 0. The molecule has 0 radical (unpaired) electrons. The molecule has 0 rings (SSSR count). The van der Waals surface area contributed by atoms with Crippen molar-refractivity contribution in [1.82, 2.24) is 0 Å². The number of hydrogen-bond donors (Lipinski definition) is 0. The lowest BCUT2D eigenvalue weighted by molar-refractivity contribution is -0.143. The Balaban J connectivity index is 3.74. The van der Waals surface area contributed by atoms with Crippen molar-refractivity contribution in [3.8, 4) is 0 Å². The van der Waals surface area contributed by atoms with Gasteiger partial charge in [-0.15, -0.1) is 0 Å². The van der Waals surface area contributed by atoms with Crippen molar-refractivity contribution < 1.29 is 38.1 Å². The maximum Gasteiger partial charge on any atom is 0.333 e. The van der Waals surface area contributed by atoms with E-state index in [2.05, 4.69) is 13.2 Å². The zero-order valence-electron chi connectivity index (χ0n) is 15.1. The molecule has 0 heterocycles. The van der Waals surface area contributed by atoms with E-state index in [1.165, 1.54) is 13.8 Å². The van der Waals surface area contributed by atoms with Crippen LogP contribution in [0.25, 0.3) is 0 Å². The first kappa shape index (κ1) is 23.1. The van der Waals surface area contributed by atoms with Crippen LogP contribution in [0.2, 0.25) is 0 Å². The summed E-state index contributed by atoms with van der Waals surface area (Å²) in [5.41, 5.74) is 0.579. The summed E-state index contributed by atoms with van der Waals surface area (Å²) in [7, 11) is 0. The zero-order chi connectivity index (χ0) is 19.9. The molecule has 0 N–H and O–H groups in total. The van der Waals surface area contributed by atoms with Crippen LogP contribution in [0, 0.1) is 0 Å². The molecule has 0 saturated carbocycles. The van der Waals surface area contributed by atoms with Crippen molar-refractivity contribution in [3.05, 3.63) is 36.5 Å². The maximum absolute atomic E-state index is 11.4. The van der Waals surface area contributed by atoms with Crippen LogP contribution in [-0.4, -0.2) is 50.3 Å². The van der Waals surface area contributed by atoms with Gasteiger partial charge in [-0.1, -0.05) is 13.2 Å². The van der Waals surface area contributed by atoms with E-state index in [9.17, 15) is 19.2 Å². The van der Waals surface area contributed by atoms with E-state index in [0.29, 0.717) is 12.8 Å². The molecule has 8 heteroatoms. The molecule has 0 aliphatic heterocycles. The van der Waals surface area contributed by atoms with Crippen molar-refractivity contribution in [2.24, 2.45) is 0 Å². The maximum atomic E-state index is 11.4. The molecule has 0 amide bonds. The van der Waals surface area contributed by atoms with Gasteiger partial charge in [-0.2, -0.15) is 0 Å². The van der Waals surface area contributed by atoms with Gasteiger partial charge in [0.05, 0.1) is 26.4 Å². The summed E-state index contributed by atoms with van der Waals surface area (Å²) in [4.78, 5) is 44.9. The minimum atomic E-state index is -0.719. The Kier molecular flexibility index (Phi) is 11.9. The summed E-state index contributed by atoms with van der Waals surface area (Å²) in [6.45, 7) is 10.2. The fraction of sp³-hybridized carbons (Fsp3) is 0.444. The van der Waals surface area contributed by atoms with Crippen LogP contribution in [0.1, 0.15) is 26.7 Å². The van der Waals surface area contributed by atoms with Crippen LogP contribution in [0.3, 0.4) is 0 Å². The van der Waals surface area contributed by atoms with Gasteiger partial charge in [-0.3, -0.25) is 0 Å². The largest absolute Gasteiger partial charge is 0.462 e. The molecule has 0 atom stereocenters. The summed E-state index contributed by atoms with van der Waals surface area (Å²) < 4.78 is 19.3. The summed E-state index contributed by atoms with van der Waals surface area (Å²) in [6.07, 6.45) is 2.52. The molecule has 0 bridgehead atoms. The SMILES string of the molecule is C=C(C)C(=O)OCCCOC(=O)/C=C\C(=O)OCCCOC(=O)C(=C)C. The van der Waals surface area contributed by atoms with Crippen LogP contribution >= 0.6 is 0 Å². The Morgan fingerprint density at radius 3 is 1.27 bits per heavy atom. The van der Waals surface area contributed by atoms with Crippen molar-refractivity contribution in [3.63, 3.8) is 0 Å². The zero-order valence-corrected chi connectivity index (χ0v) is 15.1. The van der Waals surface area contributed by atoms with Crippen LogP contribution in [0.4, 0.5) is 0 Å². The topological polar surface area (TPSA) is 105 Å². The van der Waals surface area contributed by atoms with E-state index in [1.807, 2.05) is 0 Å². The highest BCUT2D eigenvalue weighted by Gasteiger charge is 2.05. The van der Waals surface area contributed by atoms with Crippen LogP contribution < -0.4 is 0 Å². The minimum absolute atomic E-state index is 0.0375. The van der Waals surface area contributed by atoms with E-state index < -0.39 is 23.9 Å². The van der Waals surface area contributed by atoms with Crippen molar-refractivity contribution >= 4 is 23.9 Å². The minimum Gasteiger partial charge on any atom is -0.462 e. The van der Waals surface area contributed by atoms with Gasteiger partial charge >= 0.3 is 23.9 Å². The van der Waals surface area contributed by atoms with Gasteiger partial charge in [0.25, 0.3) is 0 Å². The first-order valence-corrected chi connectivity index (χ1v) is 7.91. The summed E-state index contributed by atoms with van der Waals surface area (Å²) >= 11 is 0. The Hall–Kier alpha value is -2.90. The van der Waals surface area contributed by atoms with Crippen molar-refractivity contribution in [2.45, 2.75) is 26.7 Å². The highest BCUT2D eigenvalue weighted by atomic mass is 16.6. The lowest BCUT2D eigenvalue weighted by atomic mass is 10.4. The fourth-order valence-corrected chi connectivity index (χ4v) is 1.27. The summed E-state index contributed by atoms with van der Waals surface area (Å²) in [6, 6.07) is 0. The molecule has 0 aromatic carbocycles. The Morgan fingerprint density at radius 1 is 0.654 bits per heavy atom. The van der Waals surface area contributed by atoms with E-state index in [0.717, 1.165) is 12.2 Å². The highest BCUT2D eigenvalue weighted by Crippen LogP contribution is 1.96. The normalized spacial score (nSPS) is 10.1. The van der Waals surface area contributed by atoms with Gasteiger partial charge in [0.2, 0.25) is 0 Å². The second kappa shape index (κ2) is 13.4. The number of rotatable bonds is 12. The first-order valence-electron chi connectivity index (χ1n) is 7.91. The monoisotopic (exact) mass is 368 g/mol. The first-order chi connectivity index (χ1) is 12.2. The molecule has 0 saturated heterocycles. The molecule has 0 spiro atoms. The Labute approximate surface area is 152 Å². The van der Waals surface area contributed by atoms with Crippen LogP contribution in [-0.2, 0) is 38.1 Å². The van der Waals surface area contributed by atoms with Gasteiger partial charge in [0.15, 0.2) is 0 Å². The predicted octanol–water partition coefficient (Wildman–Crippen LogP) is 1.65. The van der Waals surface area contributed by atoms with Gasteiger partial charge in [0, 0.05) is 36.1 Å². The third-order valence-electron chi connectivity index (χ3n) is 2.58. The van der Waals surface area contributed by atoms with Crippen LogP contribution in [0.15, 0.2) is 36.5 Å². The van der Waals surface area contributed by atoms with E-state index in [4.69, 9.17) is 18.9 Å². The highest BCUT2D eigenvalue weighted by molar-refractivity contribution is 5.91. The Morgan fingerprint density at radius 2 is 0.962 bits per heavy atom. The molecular formula is C18H24O8. The average molecular weight is 368 g/mol. The van der Waals surface area contributed by atoms with E-state index in [-0.39, 0.29) is 37.6 Å². The van der Waals surface area contributed by atoms with E-state index >= 15 is 0 Å². The molecule has 0 aromatic heterocycles.